The van der Waals surface area contributed by atoms with Gasteiger partial charge in [0.25, 0.3) is 0 Å². The molecule has 0 bridgehead atoms. The van der Waals surface area contributed by atoms with E-state index in [1.54, 1.807) is 19.1 Å². The Morgan fingerprint density at radius 2 is 2.03 bits per heavy atom. The number of carbonyl (C=O) groups is 1. The van der Waals surface area contributed by atoms with Crippen molar-refractivity contribution in [2.45, 2.75) is 82.0 Å². The van der Waals surface area contributed by atoms with Crippen molar-refractivity contribution in [3.63, 3.8) is 0 Å². The molecule has 1 aromatic heterocycles. The maximum absolute atomic E-state index is 11.6. The van der Waals surface area contributed by atoms with Gasteiger partial charge >= 0.3 is 5.97 Å². The summed E-state index contributed by atoms with van der Waals surface area (Å²) in [5.41, 5.74) is 0. The number of ether oxygens (including phenoxy) is 1. The largest absolute Gasteiger partial charge is 0.465 e. The van der Waals surface area contributed by atoms with Gasteiger partial charge in [0.1, 0.15) is 4.88 Å². The van der Waals surface area contributed by atoms with Gasteiger partial charge in [-0.05, 0) is 63.5 Å². The average molecular weight is 459 g/mol. The molecule has 1 aliphatic rings. The Morgan fingerprint density at radius 1 is 1.30 bits per heavy atom. The minimum absolute atomic E-state index is 0.0476. The smallest absolute Gasteiger partial charge is 0.348 e. The minimum atomic E-state index is -0.538. The molecule has 0 amide bonds. The molecule has 1 saturated carbocycles. The zero-order chi connectivity index (χ0) is 22.1. The number of aryl methyl sites for hydroxylation is 1. The molecule has 0 unspecified atom stereocenters. The molecule has 0 aromatic carbocycles. The molecule has 170 valence electrons. The third-order valence-corrected chi connectivity index (χ3v) is 7.43. The van der Waals surface area contributed by atoms with Gasteiger partial charge in [0.2, 0.25) is 0 Å². The molecule has 7 heteroatoms. The van der Waals surface area contributed by atoms with E-state index in [1.165, 1.54) is 18.4 Å². The third kappa shape index (κ3) is 7.97. The molecular weight excluding hydrogens is 424 g/mol. The van der Waals surface area contributed by atoms with Gasteiger partial charge in [-0.15, -0.1) is 22.9 Å². The van der Waals surface area contributed by atoms with E-state index >= 15 is 0 Å². The number of aliphatic hydroxyl groups is 3. The summed E-state index contributed by atoms with van der Waals surface area (Å²) in [5, 5.41) is 29.9. The van der Waals surface area contributed by atoms with Gasteiger partial charge in [-0.25, -0.2) is 4.79 Å². The summed E-state index contributed by atoms with van der Waals surface area (Å²) < 4.78 is 4.75. The average Bonchev–Trinajstić information content (AvgIpc) is 3.27. The number of halogens is 1. The molecule has 5 nitrogen and oxygen atoms in total. The van der Waals surface area contributed by atoms with Crippen molar-refractivity contribution in [2.75, 3.05) is 7.11 Å². The lowest BCUT2D eigenvalue weighted by Gasteiger charge is -2.21. The highest BCUT2D eigenvalue weighted by atomic mass is 35.5. The lowest BCUT2D eigenvalue weighted by molar-refractivity contribution is 0.0606. The van der Waals surface area contributed by atoms with Gasteiger partial charge in [-0.3, -0.25) is 0 Å². The maximum Gasteiger partial charge on any atom is 0.348 e. The number of hydrogen-bond acceptors (Lipinski definition) is 6. The Kier molecular flexibility index (Phi) is 10.8. The number of aliphatic hydroxyl groups excluding tert-OH is 3. The van der Waals surface area contributed by atoms with Crippen molar-refractivity contribution in [1.29, 1.82) is 0 Å². The number of carbonyl (C=O) groups excluding carboxylic acids is 1. The number of methoxy groups -OCH3 is 1. The predicted molar refractivity (Wildman–Crippen MR) is 121 cm³/mol. The van der Waals surface area contributed by atoms with Crippen LogP contribution in [-0.4, -0.2) is 52.1 Å². The van der Waals surface area contributed by atoms with Gasteiger partial charge in [0.15, 0.2) is 0 Å². The van der Waals surface area contributed by atoms with E-state index in [4.69, 9.17) is 16.3 Å². The lowest BCUT2D eigenvalue weighted by atomic mass is 9.89. The molecule has 1 aromatic rings. The van der Waals surface area contributed by atoms with E-state index in [-0.39, 0.29) is 29.3 Å². The van der Waals surface area contributed by atoms with Crippen LogP contribution in [0.4, 0.5) is 0 Å². The molecule has 1 aliphatic carbocycles. The van der Waals surface area contributed by atoms with E-state index in [2.05, 4.69) is 0 Å². The van der Waals surface area contributed by atoms with Crippen LogP contribution < -0.4 is 0 Å². The summed E-state index contributed by atoms with van der Waals surface area (Å²) >= 11 is 7.98. The molecule has 1 fully saturated rings. The summed E-state index contributed by atoms with van der Waals surface area (Å²) in [6, 6.07) is 3.76. The van der Waals surface area contributed by atoms with Crippen LogP contribution in [0.1, 0.15) is 66.4 Å². The van der Waals surface area contributed by atoms with Crippen LogP contribution in [0.3, 0.4) is 0 Å². The van der Waals surface area contributed by atoms with E-state index in [0.717, 1.165) is 43.4 Å². The second-order valence-electron chi connectivity index (χ2n) is 8.30. The van der Waals surface area contributed by atoms with Crippen LogP contribution >= 0.6 is 22.9 Å². The fraction of sp³-hybridized carbons (Fsp3) is 0.696. The number of unbranched alkanes of at least 4 members (excludes halogenated alkanes) is 1. The SMILES string of the molecule is COC(=O)c1ccc(CCC[C@@H]2[C@@H](C=C[C@@H](O)CCCC[C@@H](C)O)[C@H](O)C[C@H]2Cl)s1. The van der Waals surface area contributed by atoms with Crippen LogP contribution in [-0.2, 0) is 11.2 Å². The van der Waals surface area contributed by atoms with Crippen molar-refractivity contribution in [2.24, 2.45) is 11.8 Å². The number of rotatable bonds is 12. The summed E-state index contributed by atoms with van der Waals surface area (Å²) in [7, 11) is 1.38. The van der Waals surface area contributed by atoms with Crippen LogP contribution in [0.2, 0.25) is 0 Å². The van der Waals surface area contributed by atoms with Gasteiger partial charge in [-0.1, -0.05) is 25.0 Å². The maximum atomic E-state index is 11.6. The fourth-order valence-electron chi connectivity index (χ4n) is 4.11. The molecular formula is C23H35ClO5S. The zero-order valence-electron chi connectivity index (χ0n) is 17.9. The molecule has 0 aliphatic heterocycles. The highest BCUT2D eigenvalue weighted by Crippen LogP contribution is 2.40. The molecule has 3 N–H and O–H groups in total. The highest BCUT2D eigenvalue weighted by molar-refractivity contribution is 7.13. The molecule has 30 heavy (non-hydrogen) atoms. The van der Waals surface area contributed by atoms with E-state index < -0.39 is 12.2 Å². The number of esters is 1. The summed E-state index contributed by atoms with van der Waals surface area (Å²) in [6.07, 6.45) is 8.81. The van der Waals surface area contributed by atoms with Gasteiger partial charge in [0, 0.05) is 16.2 Å². The first-order valence-corrected chi connectivity index (χ1v) is 12.1. The minimum Gasteiger partial charge on any atom is -0.465 e. The first kappa shape index (κ1) is 25.3. The molecule has 2 rings (SSSR count). The topological polar surface area (TPSA) is 87.0 Å². The second kappa shape index (κ2) is 12.8. The number of alkyl halides is 1. The third-order valence-electron chi connectivity index (χ3n) is 5.81. The summed E-state index contributed by atoms with van der Waals surface area (Å²) in [6.45, 7) is 1.77. The van der Waals surface area contributed by atoms with Crippen LogP contribution in [0.5, 0.6) is 0 Å². The van der Waals surface area contributed by atoms with Gasteiger partial charge in [-0.2, -0.15) is 0 Å². The fourth-order valence-corrected chi connectivity index (χ4v) is 5.56. The van der Waals surface area contributed by atoms with Gasteiger partial charge in [0.05, 0.1) is 25.4 Å². The van der Waals surface area contributed by atoms with E-state index in [1.807, 2.05) is 12.1 Å². The van der Waals surface area contributed by atoms with E-state index in [0.29, 0.717) is 17.7 Å². The Labute approximate surface area is 188 Å². The Bertz CT molecular complexity index is 674. The van der Waals surface area contributed by atoms with Crippen molar-refractivity contribution in [3.05, 3.63) is 34.0 Å². The molecule has 0 saturated heterocycles. The van der Waals surface area contributed by atoms with Crippen LogP contribution in [0.15, 0.2) is 24.3 Å². The van der Waals surface area contributed by atoms with E-state index in [9.17, 15) is 20.1 Å². The Hall–Kier alpha value is -0.920. The standard InChI is InChI=1S/C23H35ClO5S/c1-15(25)6-3-4-7-16(26)10-12-19-18(20(24)14-21(19)27)9-5-8-17-11-13-22(30-17)23(28)29-2/h10-13,15-16,18-21,25-27H,3-9,14H2,1-2H3/t15-,16+,18-,19-,20-,21-/m1/s1. The number of thiophene rings is 1. The zero-order valence-corrected chi connectivity index (χ0v) is 19.4. The monoisotopic (exact) mass is 458 g/mol. The molecule has 0 radical (unpaired) electrons. The van der Waals surface area contributed by atoms with Crippen LogP contribution in [0.25, 0.3) is 0 Å². The lowest BCUT2D eigenvalue weighted by Crippen LogP contribution is -2.19. The Balaban J connectivity index is 1.82. The predicted octanol–water partition coefficient (Wildman–Crippen LogP) is 4.32. The molecule has 0 spiro atoms. The molecule has 1 heterocycles. The van der Waals surface area contributed by atoms with Crippen molar-refractivity contribution in [1.82, 2.24) is 0 Å². The Morgan fingerprint density at radius 3 is 2.73 bits per heavy atom. The highest BCUT2D eigenvalue weighted by Gasteiger charge is 2.39. The van der Waals surface area contributed by atoms with Crippen molar-refractivity contribution >= 4 is 28.9 Å². The molecule has 6 atom stereocenters. The van der Waals surface area contributed by atoms with Crippen molar-refractivity contribution in [3.8, 4) is 0 Å². The number of hydrogen-bond donors (Lipinski definition) is 3. The second-order valence-corrected chi connectivity index (χ2v) is 10.0. The van der Waals surface area contributed by atoms with Gasteiger partial charge < -0.3 is 20.1 Å². The summed E-state index contributed by atoms with van der Waals surface area (Å²) in [4.78, 5) is 13.3. The first-order valence-electron chi connectivity index (χ1n) is 10.9. The quantitative estimate of drug-likeness (QED) is 0.188. The summed E-state index contributed by atoms with van der Waals surface area (Å²) in [5.74, 6) is -0.186. The van der Waals surface area contributed by atoms with Crippen molar-refractivity contribution < 1.29 is 24.9 Å². The first-order chi connectivity index (χ1) is 14.3. The van der Waals surface area contributed by atoms with Crippen LogP contribution in [0, 0.1) is 11.8 Å². The normalized spacial score (nSPS) is 26.2.